The number of aliphatic hydroxyl groups excluding tert-OH is 1. The third-order valence-corrected chi connectivity index (χ3v) is 2.44. The monoisotopic (exact) mass is 285 g/mol. The SMILES string of the molecule is C=CCOC(CO)c1cc(F)c(C=NOCC)c(F)c1. The topological polar surface area (TPSA) is 51.0 Å². The van der Waals surface area contributed by atoms with Crippen LogP contribution in [0.1, 0.15) is 24.2 Å². The minimum absolute atomic E-state index is 0.169. The van der Waals surface area contributed by atoms with Crippen LogP contribution in [-0.4, -0.2) is 31.1 Å². The number of nitrogens with zero attached hydrogens (tertiary/aromatic N) is 1. The molecular formula is C14H17F2NO3. The highest BCUT2D eigenvalue weighted by molar-refractivity contribution is 5.80. The van der Waals surface area contributed by atoms with Crippen LogP contribution in [0.15, 0.2) is 29.9 Å². The largest absolute Gasteiger partial charge is 0.396 e. The number of rotatable bonds is 8. The van der Waals surface area contributed by atoms with Gasteiger partial charge in [-0.15, -0.1) is 6.58 Å². The van der Waals surface area contributed by atoms with Gasteiger partial charge in [0.2, 0.25) is 0 Å². The van der Waals surface area contributed by atoms with Crippen LogP contribution in [0.25, 0.3) is 0 Å². The van der Waals surface area contributed by atoms with E-state index < -0.39 is 17.7 Å². The highest BCUT2D eigenvalue weighted by atomic mass is 19.1. The van der Waals surface area contributed by atoms with Gasteiger partial charge in [-0.25, -0.2) is 8.78 Å². The second-order valence-electron chi connectivity index (χ2n) is 3.84. The van der Waals surface area contributed by atoms with Gasteiger partial charge in [-0.1, -0.05) is 11.2 Å². The summed E-state index contributed by atoms with van der Waals surface area (Å²) in [6.45, 7) is 5.25. The quantitative estimate of drug-likeness (QED) is 0.454. The van der Waals surface area contributed by atoms with Crippen molar-refractivity contribution in [2.45, 2.75) is 13.0 Å². The lowest BCUT2D eigenvalue weighted by molar-refractivity contribution is 0.0272. The van der Waals surface area contributed by atoms with Gasteiger partial charge in [0, 0.05) is 0 Å². The van der Waals surface area contributed by atoms with Gasteiger partial charge in [0.1, 0.15) is 24.3 Å². The smallest absolute Gasteiger partial charge is 0.135 e. The Bertz CT molecular complexity index is 454. The van der Waals surface area contributed by atoms with Crippen molar-refractivity contribution in [2.24, 2.45) is 5.16 Å². The van der Waals surface area contributed by atoms with Gasteiger partial charge in [-0.2, -0.15) is 0 Å². The van der Waals surface area contributed by atoms with E-state index in [-0.39, 0.29) is 24.3 Å². The van der Waals surface area contributed by atoms with E-state index in [4.69, 9.17) is 4.74 Å². The van der Waals surface area contributed by atoms with Crippen molar-refractivity contribution in [2.75, 3.05) is 19.8 Å². The Balaban J connectivity index is 2.99. The van der Waals surface area contributed by atoms with Crippen LogP contribution >= 0.6 is 0 Å². The summed E-state index contributed by atoms with van der Waals surface area (Å²) in [5.74, 6) is -1.60. The summed E-state index contributed by atoms with van der Waals surface area (Å²) in [5.41, 5.74) is -0.0967. The van der Waals surface area contributed by atoms with E-state index in [1.807, 2.05) is 0 Å². The highest BCUT2D eigenvalue weighted by Crippen LogP contribution is 2.22. The van der Waals surface area contributed by atoms with E-state index in [0.717, 1.165) is 18.3 Å². The summed E-state index contributed by atoms with van der Waals surface area (Å²) in [6.07, 6.45) is 1.64. The molecule has 0 saturated heterocycles. The maximum Gasteiger partial charge on any atom is 0.135 e. The summed E-state index contributed by atoms with van der Waals surface area (Å²) in [7, 11) is 0. The molecule has 0 aliphatic carbocycles. The van der Waals surface area contributed by atoms with Crippen molar-refractivity contribution in [3.63, 3.8) is 0 Å². The van der Waals surface area contributed by atoms with E-state index in [1.165, 1.54) is 6.08 Å². The Hall–Kier alpha value is -1.79. The standard InChI is InChI=1S/C14H17F2NO3/c1-3-5-19-14(9-18)10-6-12(15)11(13(16)7-10)8-17-20-4-2/h3,6-8,14,18H,1,4-5,9H2,2H3. The third-order valence-electron chi connectivity index (χ3n) is 2.44. The van der Waals surface area contributed by atoms with E-state index >= 15 is 0 Å². The molecule has 4 nitrogen and oxygen atoms in total. The molecule has 110 valence electrons. The fourth-order valence-corrected chi connectivity index (χ4v) is 1.52. The molecule has 0 radical (unpaired) electrons. The Morgan fingerprint density at radius 3 is 2.55 bits per heavy atom. The molecular weight excluding hydrogens is 268 g/mol. The van der Waals surface area contributed by atoms with Crippen LogP contribution in [-0.2, 0) is 9.57 Å². The molecule has 1 aromatic rings. The normalized spacial score (nSPS) is 12.6. The Morgan fingerprint density at radius 2 is 2.05 bits per heavy atom. The fourth-order valence-electron chi connectivity index (χ4n) is 1.52. The summed E-state index contributed by atoms with van der Waals surface area (Å²) >= 11 is 0. The predicted molar refractivity (Wildman–Crippen MR) is 71.6 cm³/mol. The average Bonchev–Trinajstić information content (AvgIpc) is 2.43. The molecule has 0 aliphatic rings. The van der Waals surface area contributed by atoms with Crippen LogP contribution in [0.3, 0.4) is 0 Å². The zero-order valence-corrected chi connectivity index (χ0v) is 11.2. The van der Waals surface area contributed by atoms with Crippen molar-refractivity contribution >= 4 is 6.21 Å². The fraction of sp³-hybridized carbons (Fsp3) is 0.357. The number of benzene rings is 1. The van der Waals surface area contributed by atoms with Crippen LogP contribution < -0.4 is 0 Å². The van der Waals surface area contributed by atoms with Gasteiger partial charge in [-0.05, 0) is 24.6 Å². The first-order valence-corrected chi connectivity index (χ1v) is 6.11. The molecule has 1 rings (SSSR count). The molecule has 6 heteroatoms. The van der Waals surface area contributed by atoms with Crippen LogP contribution in [0.4, 0.5) is 8.78 Å². The van der Waals surface area contributed by atoms with Crippen molar-refractivity contribution in [3.05, 3.63) is 47.5 Å². The van der Waals surface area contributed by atoms with Gasteiger partial charge in [-0.3, -0.25) is 0 Å². The average molecular weight is 285 g/mol. The van der Waals surface area contributed by atoms with Crippen LogP contribution in [0.5, 0.6) is 0 Å². The molecule has 1 N–H and O–H groups in total. The van der Waals surface area contributed by atoms with Gasteiger partial charge in [0.15, 0.2) is 0 Å². The first-order chi connectivity index (χ1) is 9.63. The van der Waals surface area contributed by atoms with Gasteiger partial charge in [0.05, 0.1) is 25.0 Å². The molecule has 20 heavy (non-hydrogen) atoms. The Morgan fingerprint density at radius 1 is 1.40 bits per heavy atom. The third kappa shape index (κ3) is 4.40. The molecule has 0 fully saturated rings. The van der Waals surface area contributed by atoms with E-state index in [9.17, 15) is 13.9 Å². The Kier molecular flexibility index (Phi) is 6.83. The van der Waals surface area contributed by atoms with E-state index in [2.05, 4.69) is 16.6 Å². The molecule has 0 bridgehead atoms. The molecule has 0 spiro atoms. The number of hydrogen-bond donors (Lipinski definition) is 1. The first kappa shape index (κ1) is 16.3. The zero-order valence-electron chi connectivity index (χ0n) is 11.2. The molecule has 1 aromatic carbocycles. The number of hydrogen-bond acceptors (Lipinski definition) is 4. The lowest BCUT2D eigenvalue weighted by Gasteiger charge is -2.15. The lowest BCUT2D eigenvalue weighted by atomic mass is 10.1. The van der Waals surface area contributed by atoms with E-state index in [1.54, 1.807) is 6.92 Å². The van der Waals surface area contributed by atoms with Crippen molar-refractivity contribution in [1.29, 1.82) is 0 Å². The summed E-state index contributed by atoms with van der Waals surface area (Å²) in [5, 5.41) is 12.6. The molecule has 1 unspecified atom stereocenters. The van der Waals surface area contributed by atoms with Gasteiger partial charge in [0.25, 0.3) is 0 Å². The number of ether oxygens (including phenoxy) is 1. The second-order valence-corrected chi connectivity index (χ2v) is 3.84. The molecule has 0 heterocycles. The summed E-state index contributed by atoms with van der Waals surface area (Å²) < 4.78 is 32.8. The molecule has 0 aliphatic heterocycles. The molecule has 1 atom stereocenters. The molecule has 0 aromatic heterocycles. The first-order valence-electron chi connectivity index (χ1n) is 6.11. The predicted octanol–water partition coefficient (Wildman–Crippen LogP) is 2.57. The minimum atomic E-state index is -0.810. The summed E-state index contributed by atoms with van der Waals surface area (Å²) in [6, 6.07) is 2.20. The Labute approximate surface area is 116 Å². The maximum atomic E-state index is 13.8. The lowest BCUT2D eigenvalue weighted by Crippen LogP contribution is -2.11. The van der Waals surface area contributed by atoms with Crippen molar-refractivity contribution in [1.82, 2.24) is 0 Å². The zero-order chi connectivity index (χ0) is 15.0. The second kappa shape index (κ2) is 8.39. The summed E-state index contributed by atoms with van der Waals surface area (Å²) in [4.78, 5) is 4.66. The highest BCUT2D eigenvalue weighted by Gasteiger charge is 2.16. The maximum absolute atomic E-state index is 13.8. The van der Waals surface area contributed by atoms with Gasteiger partial charge >= 0.3 is 0 Å². The van der Waals surface area contributed by atoms with E-state index in [0.29, 0.717) is 6.61 Å². The number of aliphatic hydroxyl groups is 1. The van der Waals surface area contributed by atoms with Gasteiger partial charge < -0.3 is 14.7 Å². The van der Waals surface area contributed by atoms with Crippen LogP contribution in [0, 0.1) is 11.6 Å². The van der Waals surface area contributed by atoms with Crippen molar-refractivity contribution < 1.29 is 23.5 Å². The molecule has 0 amide bonds. The van der Waals surface area contributed by atoms with Crippen LogP contribution in [0.2, 0.25) is 0 Å². The number of halogens is 2. The minimum Gasteiger partial charge on any atom is -0.396 e. The van der Waals surface area contributed by atoms with Crippen molar-refractivity contribution in [3.8, 4) is 0 Å². The molecule has 0 saturated carbocycles. The number of oxime groups is 1.